The van der Waals surface area contributed by atoms with Crippen LogP contribution in [0.2, 0.25) is 0 Å². The van der Waals surface area contributed by atoms with Crippen molar-refractivity contribution in [3.63, 3.8) is 0 Å². The Morgan fingerprint density at radius 3 is 2.53 bits per heavy atom. The molecule has 0 aromatic heterocycles. The van der Waals surface area contributed by atoms with Gasteiger partial charge in [-0.15, -0.1) is 10.1 Å². The number of methoxy groups -OCH3 is 1. The van der Waals surface area contributed by atoms with Gasteiger partial charge in [0.05, 0.1) is 26.7 Å². The summed E-state index contributed by atoms with van der Waals surface area (Å²) in [6.45, 7) is 0.255. The maximum atomic E-state index is 12.4. The van der Waals surface area contributed by atoms with Crippen LogP contribution in [-0.4, -0.2) is 55.1 Å². The van der Waals surface area contributed by atoms with E-state index in [4.69, 9.17) is 14.2 Å². The second-order valence-electron chi connectivity index (χ2n) is 8.55. The molecule has 1 saturated carbocycles. The van der Waals surface area contributed by atoms with Crippen molar-refractivity contribution in [1.82, 2.24) is 5.32 Å². The summed E-state index contributed by atoms with van der Waals surface area (Å²) >= 11 is 0. The number of carbonyl (C=O) groups excluding carboxylic acids is 2. The van der Waals surface area contributed by atoms with Crippen LogP contribution in [0.3, 0.4) is 0 Å². The number of hydrogen-bond acceptors (Lipinski definition) is 9. The minimum absolute atomic E-state index is 0.00389. The molecule has 12 nitrogen and oxygen atoms in total. The SMILES string of the molecule is COc1cc(C=CC(=O)OCCCCO[N+](=O)[O-])ccc1OC(=O)NCC1(CC(=O)O)CCCCC1. The summed E-state index contributed by atoms with van der Waals surface area (Å²) < 4.78 is 15.7. The maximum Gasteiger partial charge on any atom is 0.412 e. The summed E-state index contributed by atoms with van der Waals surface area (Å²) in [5, 5.41) is 21.1. The number of amides is 1. The highest BCUT2D eigenvalue weighted by atomic mass is 16.9. The van der Waals surface area contributed by atoms with Gasteiger partial charge in [0, 0.05) is 12.6 Å². The van der Waals surface area contributed by atoms with Gasteiger partial charge in [-0.2, -0.15) is 0 Å². The zero-order valence-electron chi connectivity index (χ0n) is 20.2. The van der Waals surface area contributed by atoms with Crippen molar-refractivity contribution in [3.8, 4) is 11.5 Å². The molecule has 0 saturated heterocycles. The van der Waals surface area contributed by atoms with E-state index >= 15 is 0 Å². The molecule has 2 N–H and O–H groups in total. The van der Waals surface area contributed by atoms with E-state index in [0.717, 1.165) is 32.1 Å². The number of rotatable bonds is 14. The van der Waals surface area contributed by atoms with E-state index < -0.39 is 28.5 Å². The minimum Gasteiger partial charge on any atom is -0.493 e. The van der Waals surface area contributed by atoms with Crippen molar-refractivity contribution in [2.24, 2.45) is 5.41 Å². The third-order valence-electron chi connectivity index (χ3n) is 5.83. The zero-order valence-corrected chi connectivity index (χ0v) is 20.2. The lowest BCUT2D eigenvalue weighted by Gasteiger charge is -2.36. The summed E-state index contributed by atoms with van der Waals surface area (Å²) in [5.41, 5.74) is 0.123. The van der Waals surface area contributed by atoms with Gasteiger partial charge in [0.25, 0.3) is 5.09 Å². The van der Waals surface area contributed by atoms with Gasteiger partial charge in [0.15, 0.2) is 11.5 Å². The number of esters is 1. The summed E-state index contributed by atoms with van der Waals surface area (Å²) in [6.07, 6.45) is 7.21. The van der Waals surface area contributed by atoms with E-state index in [2.05, 4.69) is 10.2 Å². The van der Waals surface area contributed by atoms with Crippen LogP contribution in [0.25, 0.3) is 6.08 Å². The van der Waals surface area contributed by atoms with Crippen molar-refractivity contribution in [1.29, 1.82) is 0 Å². The highest BCUT2D eigenvalue weighted by Gasteiger charge is 2.35. The van der Waals surface area contributed by atoms with Gasteiger partial charge in [-0.1, -0.05) is 25.3 Å². The summed E-state index contributed by atoms with van der Waals surface area (Å²) in [5.74, 6) is -1.03. The zero-order chi connectivity index (χ0) is 26.4. The van der Waals surface area contributed by atoms with Gasteiger partial charge < -0.3 is 29.5 Å². The fraction of sp³-hybridized carbons (Fsp3) is 0.542. The first-order valence-corrected chi connectivity index (χ1v) is 11.7. The number of carbonyl (C=O) groups is 3. The molecular formula is C24H32N2O10. The summed E-state index contributed by atoms with van der Waals surface area (Å²) in [6, 6.07) is 4.72. The predicted octanol–water partition coefficient (Wildman–Crippen LogP) is 3.75. The summed E-state index contributed by atoms with van der Waals surface area (Å²) in [4.78, 5) is 49.7. The average Bonchev–Trinajstić information content (AvgIpc) is 2.84. The molecule has 0 atom stereocenters. The van der Waals surface area contributed by atoms with Crippen molar-refractivity contribution < 1.29 is 43.6 Å². The van der Waals surface area contributed by atoms with Crippen LogP contribution in [0, 0.1) is 15.5 Å². The Hall–Kier alpha value is -3.83. The molecule has 1 aromatic rings. The van der Waals surface area contributed by atoms with Gasteiger partial charge in [-0.3, -0.25) is 4.79 Å². The maximum absolute atomic E-state index is 12.4. The quantitative estimate of drug-likeness (QED) is 0.124. The Bertz CT molecular complexity index is 941. The van der Waals surface area contributed by atoms with Crippen LogP contribution in [-0.2, 0) is 19.2 Å². The number of benzene rings is 1. The number of nitrogens with zero attached hydrogens (tertiary/aromatic N) is 1. The van der Waals surface area contributed by atoms with Gasteiger partial charge in [-0.25, -0.2) is 9.59 Å². The van der Waals surface area contributed by atoms with Gasteiger partial charge in [0.1, 0.15) is 0 Å². The number of nitrogens with one attached hydrogen (secondary N) is 1. The predicted molar refractivity (Wildman–Crippen MR) is 127 cm³/mol. The van der Waals surface area contributed by atoms with Crippen LogP contribution in [0.5, 0.6) is 11.5 Å². The Morgan fingerprint density at radius 1 is 1.14 bits per heavy atom. The minimum atomic E-state index is -0.886. The van der Waals surface area contributed by atoms with Crippen molar-refractivity contribution >= 4 is 24.1 Å². The Labute approximate surface area is 208 Å². The first kappa shape index (κ1) is 28.4. The average molecular weight is 509 g/mol. The highest BCUT2D eigenvalue weighted by Crippen LogP contribution is 2.39. The van der Waals surface area contributed by atoms with Crippen molar-refractivity contribution in [3.05, 3.63) is 40.0 Å². The molecule has 0 spiro atoms. The lowest BCUT2D eigenvalue weighted by molar-refractivity contribution is -0.757. The Balaban J connectivity index is 1.85. The lowest BCUT2D eigenvalue weighted by Crippen LogP contribution is -2.41. The van der Waals surface area contributed by atoms with Gasteiger partial charge in [-0.05, 0) is 54.9 Å². The third-order valence-corrected chi connectivity index (χ3v) is 5.83. The molecule has 0 aliphatic heterocycles. The van der Waals surface area contributed by atoms with E-state index in [-0.39, 0.29) is 37.7 Å². The first-order chi connectivity index (χ1) is 17.2. The standard InChI is InChI=1S/C24H32N2O10/c1-33-20-15-18(8-10-22(29)34-13-5-6-14-35-26(31)32)7-9-19(20)36-23(30)25-17-24(16-21(27)28)11-3-2-4-12-24/h7-10,15H,2-6,11-14,16-17H2,1H3,(H,25,30)(H,27,28). The molecule has 1 aliphatic carbocycles. The number of hydrogen-bond donors (Lipinski definition) is 2. The molecule has 0 bridgehead atoms. The molecule has 198 valence electrons. The molecule has 0 radical (unpaired) electrons. The molecule has 0 unspecified atom stereocenters. The largest absolute Gasteiger partial charge is 0.493 e. The molecule has 36 heavy (non-hydrogen) atoms. The topological polar surface area (TPSA) is 164 Å². The Kier molecular flexibility index (Phi) is 11.5. The fourth-order valence-corrected chi connectivity index (χ4v) is 4.03. The van der Waals surface area contributed by atoms with Crippen molar-refractivity contribution in [2.75, 3.05) is 26.9 Å². The molecule has 2 rings (SSSR count). The third kappa shape index (κ3) is 10.2. The molecule has 1 aromatic carbocycles. The van der Waals surface area contributed by atoms with Crippen LogP contribution in [0.15, 0.2) is 24.3 Å². The molecule has 1 amide bonds. The fourth-order valence-electron chi connectivity index (χ4n) is 4.03. The molecule has 1 aliphatic rings. The highest BCUT2D eigenvalue weighted by molar-refractivity contribution is 5.87. The Morgan fingerprint density at radius 2 is 1.86 bits per heavy atom. The van der Waals surface area contributed by atoms with Crippen molar-refractivity contribution in [2.45, 2.75) is 51.4 Å². The van der Waals surface area contributed by atoms with E-state index in [1.54, 1.807) is 12.1 Å². The number of aliphatic carboxylic acids is 1. The van der Waals surface area contributed by atoms with Crippen LogP contribution in [0.4, 0.5) is 4.79 Å². The monoisotopic (exact) mass is 508 g/mol. The second-order valence-corrected chi connectivity index (χ2v) is 8.55. The first-order valence-electron chi connectivity index (χ1n) is 11.7. The van der Waals surface area contributed by atoms with E-state index in [9.17, 15) is 29.6 Å². The number of carboxylic acid groups (broad SMARTS) is 1. The second kappa shape index (κ2) is 14.5. The number of unbranched alkanes of at least 4 members (excludes halogenated alkanes) is 1. The summed E-state index contributed by atoms with van der Waals surface area (Å²) in [7, 11) is 1.41. The van der Waals surface area contributed by atoms with E-state index in [1.165, 1.54) is 25.3 Å². The lowest BCUT2D eigenvalue weighted by atomic mass is 9.72. The van der Waals surface area contributed by atoms with Gasteiger partial charge >= 0.3 is 18.0 Å². The van der Waals surface area contributed by atoms with Gasteiger partial charge in [0.2, 0.25) is 0 Å². The van der Waals surface area contributed by atoms with Crippen LogP contribution < -0.4 is 14.8 Å². The molecule has 0 heterocycles. The number of ether oxygens (including phenoxy) is 3. The molecule has 12 heteroatoms. The molecular weight excluding hydrogens is 476 g/mol. The van der Waals surface area contributed by atoms with Crippen LogP contribution >= 0.6 is 0 Å². The normalized spacial score (nSPS) is 14.6. The number of carboxylic acids is 1. The smallest absolute Gasteiger partial charge is 0.412 e. The van der Waals surface area contributed by atoms with Crippen LogP contribution in [0.1, 0.15) is 56.9 Å². The van der Waals surface area contributed by atoms with E-state index in [1.807, 2.05) is 0 Å². The molecule has 1 fully saturated rings. The van der Waals surface area contributed by atoms with E-state index in [0.29, 0.717) is 18.4 Å².